The van der Waals surface area contributed by atoms with Crippen LogP contribution in [0.3, 0.4) is 0 Å². The molecule has 0 N–H and O–H groups in total. The molecule has 2 aliphatic rings. The van der Waals surface area contributed by atoms with Crippen LogP contribution in [-0.2, 0) is 18.9 Å². The average molecular weight is 230 g/mol. The van der Waals surface area contributed by atoms with Crippen molar-refractivity contribution >= 4 is 0 Å². The first kappa shape index (κ1) is 12.3. The molecule has 0 aromatic heterocycles. The predicted molar refractivity (Wildman–Crippen MR) is 59.3 cm³/mol. The molecular weight excluding hydrogens is 208 g/mol. The fraction of sp³-hybridized carbons (Fsp3) is 1.00. The second-order valence-electron chi connectivity index (χ2n) is 4.38. The molecule has 0 aliphatic carbocycles. The van der Waals surface area contributed by atoms with Crippen LogP contribution in [-0.4, -0.2) is 45.4 Å². The Balaban J connectivity index is 1.47. The van der Waals surface area contributed by atoms with Gasteiger partial charge in [0, 0.05) is 13.0 Å². The summed E-state index contributed by atoms with van der Waals surface area (Å²) in [5.41, 5.74) is 0. The first-order valence-electron chi connectivity index (χ1n) is 6.38. The molecule has 0 aromatic rings. The molecule has 4 nitrogen and oxygen atoms in total. The van der Waals surface area contributed by atoms with Crippen LogP contribution in [0.4, 0.5) is 0 Å². The zero-order chi connectivity index (χ0) is 11.1. The largest absolute Gasteiger partial charge is 0.379 e. The normalized spacial score (nSPS) is 28.1. The fourth-order valence-corrected chi connectivity index (χ4v) is 2.04. The van der Waals surface area contributed by atoms with Crippen molar-refractivity contribution in [2.75, 3.05) is 33.0 Å². The van der Waals surface area contributed by atoms with Gasteiger partial charge in [0.05, 0.1) is 32.5 Å². The summed E-state index contributed by atoms with van der Waals surface area (Å²) in [7, 11) is 0. The van der Waals surface area contributed by atoms with E-state index in [-0.39, 0.29) is 6.29 Å². The summed E-state index contributed by atoms with van der Waals surface area (Å²) >= 11 is 0. The summed E-state index contributed by atoms with van der Waals surface area (Å²) in [6.45, 7) is 3.94. The van der Waals surface area contributed by atoms with E-state index >= 15 is 0 Å². The maximum Gasteiger partial charge on any atom is 0.159 e. The summed E-state index contributed by atoms with van der Waals surface area (Å²) in [5.74, 6) is 0. The highest BCUT2D eigenvalue weighted by Gasteiger charge is 2.16. The van der Waals surface area contributed by atoms with E-state index < -0.39 is 0 Å². The van der Waals surface area contributed by atoms with Gasteiger partial charge in [0.2, 0.25) is 0 Å². The monoisotopic (exact) mass is 230 g/mol. The van der Waals surface area contributed by atoms with Gasteiger partial charge in [-0.1, -0.05) is 0 Å². The van der Waals surface area contributed by atoms with Gasteiger partial charge in [-0.25, -0.2) is 0 Å². The Morgan fingerprint density at radius 3 is 2.50 bits per heavy atom. The molecule has 0 amide bonds. The zero-order valence-electron chi connectivity index (χ0n) is 9.86. The number of rotatable bonds is 5. The van der Waals surface area contributed by atoms with Gasteiger partial charge in [-0.3, -0.25) is 0 Å². The van der Waals surface area contributed by atoms with Crippen LogP contribution in [0.25, 0.3) is 0 Å². The lowest BCUT2D eigenvalue weighted by atomic mass is 10.1. The zero-order valence-corrected chi connectivity index (χ0v) is 9.86. The molecule has 0 saturated carbocycles. The molecule has 2 aliphatic heterocycles. The Morgan fingerprint density at radius 2 is 1.75 bits per heavy atom. The molecule has 2 heterocycles. The molecule has 0 radical (unpaired) electrons. The van der Waals surface area contributed by atoms with Crippen molar-refractivity contribution in [2.45, 2.75) is 44.5 Å². The van der Waals surface area contributed by atoms with E-state index in [1.165, 1.54) is 12.8 Å². The first-order valence-corrected chi connectivity index (χ1v) is 6.38. The molecule has 16 heavy (non-hydrogen) atoms. The number of hydrogen-bond acceptors (Lipinski definition) is 4. The van der Waals surface area contributed by atoms with Gasteiger partial charge >= 0.3 is 0 Å². The second-order valence-corrected chi connectivity index (χ2v) is 4.38. The molecule has 0 spiro atoms. The minimum atomic E-state index is -0.0546. The lowest BCUT2D eigenvalue weighted by Crippen LogP contribution is -2.28. The van der Waals surface area contributed by atoms with Crippen molar-refractivity contribution in [1.29, 1.82) is 0 Å². The van der Waals surface area contributed by atoms with E-state index in [1.54, 1.807) is 0 Å². The Bertz CT molecular complexity index is 154. The maximum absolute atomic E-state index is 5.59. The third kappa shape index (κ3) is 4.37. The summed E-state index contributed by atoms with van der Waals surface area (Å²) in [4.78, 5) is 0. The first-order chi connectivity index (χ1) is 7.95. The standard InChI is InChI=1S/C12H22O4/c1-2-6-14-11(4-1)10-13-9-5-12-15-7-3-8-16-12/h11-12H,1-10H2. The van der Waals surface area contributed by atoms with Crippen LogP contribution < -0.4 is 0 Å². The number of ether oxygens (including phenoxy) is 4. The van der Waals surface area contributed by atoms with Crippen LogP contribution >= 0.6 is 0 Å². The maximum atomic E-state index is 5.59. The smallest absolute Gasteiger partial charge is 0.159 e. The molecule has 4 heteroatoms. The molecule has 1 unspecified atom stereocenters. The lowest BCUT2D eigenvalue weighted by molar-refractivity contribution is -0.187. The quantitative estimate of drug-likeness (QED) is 0.674. The highest BCUT2D eigenvalue weighted by atomic mass is 16.7. The van der Waals surface area contributed by atoms with Gasteiger partial charge in [0.15, 0.2) is 6.29 Å². The molecule has 2 fully saturated rings. The third-order valence-electron chi connectivity index (χ3n) is 2.97. The highest BCUT2D eigenvalue weighted by Crippen LogP contribution is 2.13. The minimum absolute atomic E-state index is 0.0546. The lowest BCUT2D eigenvalue weighted by Gasteiger charge is -2.24. The highest BCUT2D eigenvalue weighted by molar-refractivity contribution is 4.62. The predicted octanol–water partition coefficient (Wildman–Crippen LogP) is 1.73. The van der Waals surface area contributed by atoms with Crippen LogP contribution in [0, 0.1) is 0 Å². The Hall–Kier alpha value is -0.160. The number of hydrogen-bond donors (Lipinski definition) is 0. The van der Waals surface area contributed by atoms with Gasteiger partial charge < -0.3 is 18.9 Å². The van der Waals surface area contributed by atoms with E-state index in [0.29, 0.717) is 19.3 Å². The summed E-state index contributed by atoms with van der Waals surface area (Å²) in [6, 6.07) is 0. The Kier molecular flexibility index (Phi) is 5.55. The van der Waals surface area contributed by atoms with Crippen LogP contribution in [0.15, 0.2) is 0 Å². The van der Waals surface area contributed by atoms with Crippen molar-refractivity contribution in [1.82, 2.24) is 0 Å². The van der Waals surface area contributed by atoms with E-state index in [1.807, 2.05) is 0 Å². The second kappa shape index (κ2) is 7.22. The Morgan fingerprint density at radius 1 is 0.938 bits per heavy atom. The average Bonchev–Trinajstić information content (AvgIpc) is 2.37. The topological polar surface area (TPSA) is 36.9 Å². The molecule has 0 aromatic carbocycles. The molecule has 2 saturated heterocycles. The van der Waals surface area contributed by atoms with Gasteiger partial charge in [-0.15, -0.1) is 0 Å². The van der Waals surface area contributed by atoms with Crippen molar-refractivity contribution in [2.24, 2.45) is 0 Å². The van der Waals surface area contributed by atoms with E-state index in [2.05, 4.69) is 0 Å². The summed E-state index contributed by atoms with van der Waals surface area (Å²) < 4.78 is 22.0. The third-order valence-corrected chi connectivity index (χ3v) is 2.97. The molecule has 94 valence electrons. The van der Waals surface area contributed by atoms with Crippen LogP contribution in [0.1, 0.15) is 32.1 Å². The molecular formula is C12H22O4. The van der Waals surface area contributed by atoms with E-state index in [9.17, 15) is 0 Å². The van der Waals surface area contributed by atoms with Crippen LogP contribution in [0.5, 0.6) is 0 Å². The summed E-state index contributed by atoms with van der Waals surface area (Å²) in [5, 5.41) is 0. The molecule has 1 atom stereocenters. The summed E-state index contributed by atoms with van der Waals surface area (Å²) in [6.07, 6.45) is 5.68. The minimum Gasteiger partial charge on any atom is -0.379 e. The van der Waals surface area contributed by atoms with Crippen molar-refractivity contribution in [3.8, 4) is 0 Å². The van der Waals surface area contributed by atoms with Crippen molar-refractivity contribution in [3.63, 3.8) is 0 Å². The SMILES string of the molecule is C1CCC(COCCC2OCCCO2)OC1. The van der Waals surface area contributed by atoms with Crippen molar-refractivity contribution < 1.29 is 18.9 Å². The van der Waals surface area contributed by atoms with E-state index in [0.717, 1.165) is 39.1 Å². The van der Waals surface area contributed by atoms with Gasteiger partial charge in [-0.05, 0) is 25.7 Å². The molecule has 0 bridgehead atoms. The van der Waals surface area contributed by atoms with E-state index in [4.69, 9.17) is 18.9 Å². The molecule has 2 rings (SSSR count). The fourth-order valence-electron chi connectivity index (χ4n) is 2.04. The van der Waals surface area contributed by atoms with Crippen molar-refractivity contribution in [3.05, 3.63) is 0 Å². The Labute approximate surface area is 97.2 Å². The van der Waals surface area contributed by atoms with Crippen LogP contribution in [0.2, 0.25) is 0 Å². The van der Waals surface area contributed by atoms with Gasteiger partial charge in [0.1, 0.15) is 0 Å². The van der Waals surface area contributed by atoms with Gasteiger partial charge in [0.25, 0.3) is 0 Å². The van der Waals surface area contributed by atoms with Gasteiger partial charge in [-0.2, -0.15) is 0 Å².